The van der Waals surface area contributed by atoms with Crippen molar-refractivity contribution in [3.63, 3.8) is 0 Å². The molecule has 2 aromatic rings. The summed E-state index contributed by atoms with van der Waals surface area (Å²) in [5.74, 6) is -0.592. The highest BCUT2D eigenvalue weighted by Crippen LogP contribution is 2.44. The number of fused-ring (bicyclic) bond motifs is 3. The number of hydrogen-bond acceptors (Lipinski definition) is 4. The molecule has 30 heavy (non-hydrogen) atoms. The molecule has 4 rings (SSSR count). The van der Waals surface area contributed by atoms with Crippen LogP contribution in [0.4, 0.5) is 13.6 Å². The fourth-order valence-corrected chi connectivity index (χ4v) is 4.21. The van der Waals surface area contributed by atoms with Crippen molar-refractivity contribution in [3.05, 3.63) is 59.7 Å². The highest BCUT2D eigenvalue weighted by atomic mass is 19.3. The monoisotopic (exact) mass is 415 g/mol. The van der Waals surface area contributed by atoms with E-state index in [1.165, 1.54) is 4.90 Å². The second-order valence-corrected chi connectivity index (χ2v) is 7.56. The van der Waals surface area contributed by atoms with Gasteiger partial charge in [0.15, 0.2) is 6.73 Å². The van der Waals surface area contributed by atoms with Crippen molar-refractivity contribution in [1.82, 2.24) is 4.90 Å². The normalized spacial score (nSPS) is 17.8. The number of benzene rings is 2. The van der Waals surface area contributed by atoms with E-state index in [9.17, 15) is 18.4 Å². The van der Waals surface area contributed by atoms with E-state index in [1.807, 2.05) is 36.4 Å². The number of cyclic esters (lactones) is 1. The zero-order valence-corrected chi connectivity index (χ0v) is 16.4. The van der Waals surface area contributed by atoms with E-state index in [2.05, 4.69) is 12.1 Å². The van der Waals surface area contributed by atoms with E-state index in [1.54, 1.807) is 0 Å². The minimum absolute atomic E-state index is 0.0786. The van der Waals surface area contributed by atoms with Crippen molar-refractivity contribution in [2.45, 2.75) is 44.1 Å². The molecule has 7 heteroatoms. The Morgan fingerprint density at radius 1 is 1.07 bits per heavy atom. The van der Waals surface area contributed by atoms with Gasteiger partial charge in [-0.2, -0.15) is 0 Å². The van der Waals surface area contributed by atoms with Gasteiger partial charge in [0, 0.05) is 12.3 Å². The molecule has 0 saturated carbocycles. The van der Waals surface area contributed by atoms with E-state index in [4.69, 9.17) is 9.47 Å². The average molecular weight is 415 g/mol. The summed E-state index contributed by atoms with van der Waals surface area (Å²) in [6, 6.07) is 15.3. The predicted molar refractivity (Wildman–Crippen MR) is 106 cm³/mol. The zero-order valence-electron chi connectivity index (χ0n) is 16.4. The number of esters is 1. The largest absolute Gasteiger partial charge is 0.448 e. The molecule has 5 nitrogen and oxygen atoms in total. The Bertz CT molecular complexity index is 887. The van der Waals surface area contributed by atoms with E-state index < -0.39 is 24.5 Å². The highest BCUT2D eigenvalue weighted by molar-refractivity contribution is 5.84. The molecule has 0 aromatic heterocycles. The van der Waals surface area contributed by atoms with Gasteiger partial charge in [-0.25, -0.2) is 18.4 Å². The van der Waals surface area contributed by atoms with Crippen molar-refractivity contribution in [2.24, 2.45) is 0 Å². The molecule has 0 unspecified atom stereocenters. The van der Waals surface area contributed by atoms with Gasteiger partial charge >= 0.3 is 12.1 Å². The van der Waals surface area contributed by atoms with Crippen LogP contribution in [0.1, 0.15) is 42.7 Å². The summed E-state index contributed by atoms with van der Waals surface area (Å²) in [5.41, 5.74) is 4.46. The van der Waals surface area contributed by atoms with Crippen LogP contribution in [0.5, 0.6) is 0 Å². The molecule has 1 aliphatic heterocycles. The van der Waals surface area contributed by atoms with Crippen molar-refractivity contribution in [2.75, 3.05) is 13.3 Å². The fraction of sp³-hybridized carbons (Fsp3) is 0.391. The maximum Gasteiger partial charge on any atom is 0.413 e. The standard InChI is InChI=1S/C23H23F2NO4/c24-21(25)12-6-5-11-20-22(27)30-14-26(20)23(28)29-13-19-17-9-3-1-7-15(17)16-8-2-4-10-18(16)19/h1-4,7-10,19-21H,5-6,11-14H2/t20-/m0/s1. The molecule has 1 saturated heterocycles. The average Bonchev–Trinajstić information content (AvgIpc) is 3.27. The second-order valence-electron chi connectivity index (χ2n) is 7.56. The quantitative estimate of drug-likeness (QED) is 0.475. The highest BCUT2D eigenvalue weighted by Gasteiger charge is 2.39. The maximum atomic E-state index is 12.7. The third-order valence-electron chi connectivity index (χ3n) is 5.71. The number of rotatable bonds is 7. The second kappa shape index (κ2) is 8.81. The number of nitrogens with zero attached hydrogens (tertiary/aromatic N) is 1. The number of unbranched alkanes of at least 4 members (excludes halogenated alkanes) is 1. The predicted octanol–water partition coefficient (Wildman–Crippen LogP) is 4.95. The number of carbonyl (C=O) groups is 2. The fourth-order valence-electron chi connectivity index (χ4n) is 4.21. The summed E-state index contributed by atoms with van der Waals surface area (Å²) in [4.78, 5) is 25.9. The van der Waals surface area contributed by atoms with Crippen LogP contribution in [-0.4, -0.2) is 42.8 Å². The van der Waals surface area contributed by atoms with E-state index in [0.717, 1.165) is 22.3 Å². The number of carbonyl (C=O) groups excluding carboxylic acids is 2. The Balaban J connectivity index is 1.40. The maximum absolute atomic E-state index is 12.7. The summed E-state index contributed by atoms with van der Waals surface area (Å²) in [6.07, 6.45) is -2.21. The van der Waals surface area contributed by atoms with Gasteiger partial charge in [-0.3, -0.25) is 4.90 Å². The lowest BCUT2D eigenvalue weighted by Crippen LogP contribution is -2.39. The van der Waals surface area contributed by atoms with Crippen molar-refractivity contribution < 1.29 is 27.8 Å². The molecule has 158 valence electrons. The first-order valence-corrected chi connectivity index (χ1v) is 10.1. The molecule has 2 aromatic carbocycles. The lowest BCUT2D eigenvalue weighted by atomic mass is 9.98. The molecule has 1 aliphatic carbocycles. The SMILES string of the molecule is O=C1OCN(C(=O)OCC2c3ccccc3-c3ccccc32)[C@H]1CCCCC(F)F. The van der Waals surface area contributed by atoms with Crippen LogP contribution in [0.2, 0.25) is 0 Å². The van der Waals surface area contributed by atoms with E-state index in [-0.39, 0.29) is 32.1 Å². The topological polar surface area (TPSA) is 55.8 Å². The molecule has 1 amide bonds. The van der Waals surface area contributed by atoms with Gasteiger partial charge < -0.3 is 9.47 Å². The zero-order chi connectivity index (χ0) is 21.1. The third kappa shape index (κ3) is 4.01. The molecule has 0 N–H and O–H groups in total. The smallest absolute Gasteiger partial charge is 0.413 e. The van der Waals surface area contributed by atoms with Crippen LogP contribution < -0.4 is 0 Å². The number of hydrogen-bond donors (Lipinski definition) is 0. The van der Waals surface area contributed by atoms with Gasteiger partial charge in [0.05, 0.1) is 0 Å². The summed E-state index contributed by atoms with van der Waals surface area (Å²) >= 11 is 0. The van der Waals surface area contributed by atoms with Gasteiger partial charge in [-0.1, -0.05) is 55.0 Å². The third-order valence-corrected chi connectivity index (χ3v) is 5.71. The van der Waals surface area contributed by atoms with Crippen LogP contribution in [0.15, 0.2) is 48.5 Å². The molecule has 1 atom stereocenters. The molecule has 0 bridgehead atoms. The number of halogens is 2. The van der Waals surface area contributed by atoms with Gasteiger partial charge in [-0.15, -0.1) is 0 Å². The van der Waals surface area contributed by atoms with E-state index >= 15 is 0 Å². The van der Waals surface area contributed by atoms with Crippen LogP contribution in [0.3, 0.4) is 0 Å². The summed E-state index contributed by atoms with van der Waals surface area (Å²) < 4.78 is 35.2. The van der Waals surface area contributed by atoms with Crippen LogP contribution >= 0.6 is 0 Å². The van der Waals surface area contributed by atoms with Crippen molar-refractivity contribution in [1.29, 1.82) is 0 Å². The number of amides is 1. The number of alkyl halides is 2. The Morgan fingerprint density at radius 2 is 1.70 bits per heavy atom. The molecular formula is C23H23F2NO4. The Labute approximate surface area is 173 Å². The van der Waals surface area contributed by atoms with Crippen LogP contribution in [0, 0.1) is 0 Å². The first-order chi connectivity index (χ1) is 14.6. The van der Waals surface area contributed by atoms with Gasteiger partial charge in [-0.05, 0) is 35.1 Å². The lowest BCUT2D eigenvalue weighted by Gasteiger charge is -2.21. The first-order valence-electron chi connectivity index (χ1n) is 10.1. The van der Waals surface area contributed by atoms with Crippen LogP contribution in [-0.2, 0) is 14.3 Å². The Kier molecular flexibility index (Phi) is 5.97. The Hall–Kier alpha value is -2.96. The number of ether oxygens (including phenoxy) is 2. The molecule has 0 spiro atoms. The summed E-state index contributed by atoms with van der Waals surface area (Å²) in [7, 11) is 0. The van der Waals surface area contributed by atoms with Gasteiger partial charge in [0.2, 0.25) is 6.43 Å². The van der Waals surface area contributed by atoms with E-state index in [0.29, 0.717) is 12.8 Å². The lowest BCUT2D eigenvalue weighted by molar-refractivity contribution is -0.139. The van der Waals surface area contributed by atoms with Gasteiger partial charge in [0.25, 0.3) is 0 Å². The first kappa shape index (κ1) is 20.3. The van der Waals surface area contributed by atoms with Crippen molar-refractivity contribution >= 4 is 12.1 Å². The Morgan fingerprint density at radius 3 is 2.33 bits per heavy atom. The summed E-state index contributed by atoms with van der Waals surface area (Å²) in [5, 5.41) is 0. The molecule has 1 fully saturated rings. The summed E-state index contributed by atoms with van der Waals surface area (Å²) in [6.45, 7) is -0.0231. The molecule has 2 aliphatic rings. The minimum Gasteiger partial charge on any atom is -0.448 e. The van der Waals surface area contributed by atoms with Gasteiger partial charge in [0.1, 0.15) is 12.6 Å². The van der Waals surface area contributed by atoms with Crippen LogP contribution in [0.25, 0.3) is 11.1 Å². The molecular weight excluding hydrogens is 392 g/mol. The minimum atomic E-state index is -2.36. The molecule has 1 heterocycles. The van der Waals surface area contributed by atoms with Crippen molar-refractivity contribution in [3.8, 4) is 11.1 Å². The molecule has 0 radical (unpaired) electrons.